The van der Waals surface area contributed by atoms with E-state index in [1.165, 1.54) is 0 Å². The molecule has 0 radical (unpaired) electrons. The van der Waals surface area contributed by atoms with Crippen LogP contribution in [0.2, 0.25) is 0 Å². The number of amidine groups is 1. The van der Waals surface area contributed by atoms with E-state index in [0.717, 1.165) is 6.42 Å². The Morgan fingerprint density at radius 1 is 1.48 bits per heavy atom. The molecule has 0 saturated heterocycles. The van der Waals surface area contributed by atoms with Gasteiger partial charge in [-0.2, -0.15) is 0 Å². The minimum Gasteiger partial charge on any atom is -0.394 e. The summed E-state index contributed by atoms with van der Waals surface area (Å²) in [6.07, 6.45) is 2.61. The average Bonchev–Trinajstić information content (AvgIpc) is 2.38. The van der Waals surface area contributed by atoms with E-state index in [-0.39, 0.29) is 18.2 Å². The molecule has 0 aromatic heterocycles. The standard InChI is InChI=1S/C14H29N5OS/c1-6-11(8-20)18-12(10(2)21)7-13(16-9-17-15)19-14(3,4)5/h7,11,17-18,20-21H,2,6,8-9,15H2,1,3-5H3,(H,16,19)/b12-7+. The fraction of sp³-hybridized carbons (Fsp3) is 0.643. The predicted molar refractivity (Wildman–Crippen MR) is 93.0 cm³/mol. The van der Waals surface area contributed by atoms with Gasteiger partial charge < -0.3 is 15.7 Å². The van der Waals surface area contributed by atoms with Crippen LogP contribution >= 0.6 is 12.6 Å². The number of hydrazine groups is 1. The molecule has 0 heterocycles. The van der Waals surface area contributed by atoms with E-state index in [1.54, 1.807) is 0 Å². The minimum atomic E-state index is -0.145. The molecule has 7 heteroatoms. The molecular formula is C14H29N5OS. The van der Waals surface area contributed by atoms with E-state index < -0.39 is 0 Å². The summed E-state index contributed by atoms with van der Waals surface area (Å²) in [5.41, 5.74) is 3.06. The average molecular weight is 315 g/mol. The maximum atomic E-state index is 9.30. The first-order chi connectivity index (χ1) is 9.73. The van der Waals surface area contributed by atoms with Crippen molar-refractivity contribution >= 4 is 18.5 Å². The molecule has 0 aromatic carbocycles. The zero-order valence-electron chi connectivity index (χ0n) is 13.4. The molecule has 0 rings (SSSR count). The third kappa shape index (κ3) is 9.52. The largest absolute Gasteiger partial charge is 0.394 e. The van der Waals surface area contributed by atoms with Gasteiger partial charge in [0, 0.05) is 22.6 Å². The van der Waals surface area contributed by atoms with Gasteiger partial charge in [-0.25, -0.2) is 5.43 Å². The lowest BCUT2D eigenvalue weighted by Crippen LogP contribution is -2.41. The van der Waals surface area contributed by atoms with Crippen molar-refractivity contribution in [2.75, 3.05) is 13.3 Å². The van der Waals surface area contributed by atoms with E-state index in [4.69, 9.17) is 5.84 Å². The van der Waals surface area contributed by atoms with Gasteiger partial charge in [-0.05, 0) is 27.2 Å². The van der Waals surface area contributed by atoms with E-state index in [1.807, 2.05) is 33.8 Å². The minimum absolute atomic E-state index is 0.0401. The number of hydrogen-bond acceptors (Lipinski definition) is 6. The number of nitrogens with zero attached hydrogens (tertiary/aromatic N) is 1. The fourth-order valence-electron chi connectivity index (χ4n) is 1.48. The number of nitrogens with two attached hydrogens (primary N) is 1. The Hall–Kier alpha value is -1.02. The van der Waals surface area contributed by atoms with Gasteiger partial charge in [0.05, 0.1) is 12.3 Å². The molecular weight excluding hydrogens is 286 g/mol. The summed E-state index contributed by atoms with van der Waals surface area (Å²) in [6.45, 7) is 12.3. The lowest BCUT2D eigenvalue weighted by atomic mass is 10.1. The third-order valence-electron chi connectivity index (χ3n) is 2.51. The third-order valence-corrected chi connectivity index (χ3v) is 2.75. The number of hydrogen-bond donors (Lipinski definition) is 6. The van der Waals surface area contributed by atoms with Crippen LogP contribution in [0.4, 0.5) is 0 Å². The molecule has 0 fully saturated rings. The highest BCUT2D eigenvalue weighted by atomic mass is 32.1. The summed E-state index contributed by atoms with van der Waals surface area (Å²) in [4.78, 5) is 4.90. The second kappa shape index (κ2) is 9.83. The number of aliphatic hydroxyl groups is 1. The van der Waals surface area contributed by atoms with Crippen molar-refractivity contribution in [3.05, 3.63) is 23.3 Å². The highest BCUT2D eigenvalue weighted by molar-refractivity contribution is 7.84. The first kappa shape index (κ1) is 20.0. The first-order valence-corrected chi connectivity index (χ1v) is 7.41. The van der Waals surface area contributed by atoms with Crippen LogP contribution in [0.25, 0.3) is 0 Å². The van der Waals surface area contributed by atoms with E-state index in [0.29, 0.717) is 23.1 Å². The van der Waals surface area contributed by atoms with Gasteiger partial charge in [0.15, 0.2) is 0 Å². The smallest absolute Gasteiger partial charge is 0.124 e. The SMILES string of the molecule is C=C(S)/C(=C\C(=NCNN)NC(C)(C)C)NC(CC)CO. The summed E-state index contributed by atoms with van der Waals surface area (Å²) < 4.78 is 0. The van der Waals surface area contributed by atoms with Crippen molar-refractivity contribution in [2.45, 2.75) is 45.7 Å². The van der Waals surface area contributed by atoms with Gasteiger partial charge >= 0.3 is 0 Å². The maximum Gasteiger partial charge on any atom is 0.124 e. The van der Waals surface area contributed by atoms with E-state index in [2.05, 4.69) is 40.3 Å². The Bertz CT molecular complexity index is 383. The topological polar surface area (TPSA) is 94.7 Å². The normalized spacial score (nSPS) is 14.8. The molecule has 0 amide bonds. The van der Waals surface area contributed by atoms with E-state index >= 15 is 0 Å². The quantitative estimate of drug-likeness (QED) is 0.0998. The van der Waals surface area contributed by atoms with Crippen molar-refractivity contribution in [2.24, 2.45) is 10.8 Å². The Morgan fingerprint density at radius 2 is 2.10 bits per heavy atom. The molecule has 122 valence electrons. The Labute approximate surface area is 133 Å². The molecule has 6 N–H and O–H groups in total. The lowest BCUT2D eigenvalue weighted by Gasteiger charge is -2.24. The number of aliphatic hydroxyl groups excluding tert-OH is 1. The van der Waals surface area contributed by atoms with Crippen LogP contribution in [0.15, 0.2) is 28.2 Å². The van der Waals surface area contributed by atoms with Gasteiger partial charge in [0.1, 0.15) is 12.5 Å². The van der Waals surface area contributed by atoms with Gasteiger partial charge in [-0.1, -0.05) is 13.5 Å². The lowest BCUT2D eigenvalue weighted by molar-refractivity contribution is 0.247. The molecule has 6 nitrogen and oxygen atoms in total. The van der Waals surface area contributed by atoms with Gasteiger partial charge in [0.25, 0.3) is 0 Å². The number of nitrogens with one attached hydrogen (secondary N) is 3. The Morgan fingerprint density at radius 3 is 2.48 bits per heavy atom. The molecule has 0 aliphatic heterocycles. The maximum absolute atomic E-state index is 9.30. The predicted octanol–water partition coefficient (Wildman–Crippen LogP) is 0.882. The zero-order chi connectivity index (χ0) is 16.5. The molecule has 0 aromatic rings. The molecule has 0 aliphatic rings. The Balaban J connectivity index is 5.27. The molecule has 21 heavy (non-hydrogen) atoms. The van der Waals surface area contributed by atoms with Crippen LogP contribution in [-0.4, -0.2) is 35.8 Å². The van der Waals surface area contributed by atoms with Crippen LogP contribution < -0.4 is 21.9 Å². The highest BCUT2D eigenvalue weighted by Gasteiger charge is 2.13. The Kier molecular flexibility index (Phi) is 9.36. The summed E-state index contributed by atoms with van der Waals surface area (Å²) in [5, 5.41) is 15.8. The zero-order valence-corrected chi connectivity index (χ0v) is 14.3. The molecule has 1 unspecified atom stereocenters. The van der Waals surface area contributed by atoms with Gasteiger partial charge in [0.2, 0.25) is 0 Å². The van der Waals surface area contributed by atoms with Crippen LogP contribution in [0, 0.1) is 0 Å². The van der Waals surface area contributed by atoms with Crippen LogP contribution in [0.5, 0.6) is 0 Å². The number of rotatable bonds is 8. The van der Waals surface area contributed by atoms with Crippen molar-refractivity contribution < 1.29 is 5.11 Å². The first-order valence-electron chi connectivity index (χ1n) is 6.97. The second-order valence-corrected chi connectivity index (χ2v) is 6.26. The highest BCUT2D eigenvalue weighted by Crippen LogP contribution is 2.11. The van der Waals surface area contributed by atoms with Crippen LogP contribution in [-0.2, 0) is 0 Å². The molecule has 0 saturated carbocycles. The molecule has 1 atom stereocenters. The molecule has 0 bridgehead atoms. The van der Waals surface area contributed by atoms with Crippen LogP contribution in [0.1, 0.15) is 34.1 Å². The van der Waals surface area contributed by atoms with Gasteiger partial charge in [-0.15, -0.1) is 12.6 Å². The fourth-order valence-corrected chi connectivity index (χ4v) is 1.61. The van der Waals surface area contributed by atoms with Gasteiger partial charge in [-0.3, -0.25) is 10.8 Å². The van der Waals surface area contributed by atoms with Crippen molar-refractivity contribution in [3.8, 4) is 0 Å². The van der Waals surface area contributed by atoms with Crippen molar-refractivity contribution in [1.82, 2.24) is 16.1 Å². The summed E-state index contributed by atoms with van der Waals surface area (Å²) in [5.74, 6) is 5.93. The molecule has 0 spiro atoms. The van der Waals surface area contributed by atoms with Crippen molar-refractivity contribution in [1.29, 1.82) is 0 Å². The summed E-state index contributed by atoms with van der Waals surface area (Å²) >= 11 is 4.29. The summed E-state index contributed by atoms with van der Waals surface area (Å²) in [6, 6.07) is -0.0522. The summed E-state index contributed by atoms with van der Waals surface area (Å²) in [7, 11) is 0. The monoisotopic (exact) mass is 315 g/mol. The van der Waals surface area contributed by atoms with E-state index in [9.17, 15) is 5.11 Å². The molecule has 0 aliphatic carbocycles. The van der Waals surface area contributed by atoms with Crippen molar-refractivity contribution in [3.63, 3.8) is 0 Å². The number of thiol groups is 1. The number of aliphatic imine (C=N–C) groups is 1. The van der Waals surface area contributed by atoms with Crippen LogP contribution in [0.3, 0.4) is 0 Å². The second-order valence-electron chi connectivity index (χ2n) is 5.72.